The SMILES string of the molecule is CCCN(CC(=O)O)C(=O)CSCc1ccc(Cl)s1. The van der Waals surface area contributed by atoms with Gasteiger partial charge in [0.05, 0.1) is 10.1 Å². The Morgan fingerprint density at radius 2 is 2.21 bits per heavy atom. The fraction of sp³-hybridized carbons (Fsp3) is 0.500. The first kappa shape index (κ1) is 16.3. The summed E-state index contributed by atoms with van der Waals surface area (Å²) < 4.78 is 0.736. The van der Waals surface area contributed by atoms with E-state index in [0.717, 1.165) is 21.4 Å². The summed E-state index contributed by atoms with van der Waals surface area (Å²) in [7, 11) is 0. The monoisotopic (exact) mass is 321 g/mol. The molecule has 1 amide bonds. The highest BCUT2D eigenvalue weighted by Gasteiger charge is 2.15. The van der Waals surface area contributed by atoms with Crippen LogP contribution in [0.15, 0.2) is 12.1 Å². The van der Waals surface area contributed by atoms with Crippen molar-refractivity contribution in [3.05, 3.63) is 21.3 Å². The van der Waals surface area contributed by atoms with Crippen LogP contribution in [0.4, 0.5) is 0 Å². The molecular formula is C12H16ClNO3S2. The van der Waals surface area contributed by atoms with Crippen molar-refractivity contribution in [2.45, 2.75) is 19.1 Å². The standard InChI is InChI=1S/C12H16ClNO3S2/c1-2-5-14(6-12(16)17)11(15)8-18-7-9-3-4-10(13)19-9/h3-4H,2,5-8H2,1H3,(H,16,17). The second-order valence-electron chi connectivity index (χ2n) is 3.91. The number of thiophene rings is 1. The number of amides is 1. The highest BCUT2D eigenvalue weighted by molar-refractivity contribution is 7.99. The van der Waals surface area contributed by atoms with Gasteiger partial charge in [-0.25, -0.2) is 0 Å². The number of hydrogen-bond donors (Lipinski definition) is 1. The molecule has 0 bridgehead atoms. The number of halogens is 1. The summed E-state index contributed by atoms with van der Waals surface area (Å²) >= 11 is 8.79. The number of hydrogen-bond acceptors (Lipinski definition) is 4. The number of carbonyl (C=O) groups excluding carboxylic acids is 1. The summed E-state index contributed by atoms with van der Waals surface area (Å²) in [4.78, 5) is 25.1. The fourth-order valence-corrected chi connectivity index (χ4v) is 3.61. The smallest absolute Gasteiger partial charge is 0.323 e. The van der Waals surface area contributed by atoms with Crippen molar-refractivity contribution in [2.24, 2.45) is 0 Å². The lowest BCUT2D eigenvalue weighted by atomic mass is 10.4. The molecule has 1 N–H and O–H groups in total. The van der Waals surface area contributed by atoms with Crippen LogP contribution < -0.4 is 0 Å². The van der Waals surface area contributed by atoms with Gasteiger partial charge < -0.3 is 10.0 Å². The molecule has 0 unspecified atom stereocenters. The second kappa shape index (κ2) is 8.45. The van der Waals surface area contributed by atoms with Crippen LogP contribution in [0.25, 0.3) is 0 Å². The summed E-state index contributed by atoms with van der Waals surface area (Å²) in [6.07, 6.45) is 0.754. The number of carbonyl (C=O) groups is 2. The van der Waals surface area contributed by atoms with Crippen molar-refractivity contribution in [3.63, 3.8) is 0 Å². The summed E-state index contributed by atoms with van der Waals surface area (Å²) in [6, 6.07) is 3.77. The Kier molecular flexibility index (Phi) is 7.27. The molecule has 1 aromatic heterocycles. The predicted molar refractivity (Wildman–Crippen MR) is 80.0 cm³/mol. The minimum atomic E-state index is -0.975. The molecule has 0 aliphatic rings. The number of nitrogens with zero attached hydrogens (tertiary/aromatic N) is 1. The van der Waals surface area contributed by atoms with Crippen LogP contribution in [0.2, 0.25) is 4.34 Å². The molecule has 0 aliphatic carbocycles. The Labute approximate surface area is 125 Å². The van der Waals surface area contributed by atoms with E-state index in [9.17, 15) is 9.59 Å². The lowest BCUT2D eigenvalue weighted by Crippen LogP contribution is -2.37. The van der Waals surface area contributed by atoms with Gasteiger partial charge in [0.25, 0.3) is 0 Å². The van der Waals surface area contributed by atoms with E-state index in [1.165, 1.54) is 28.0 Å². The topological polar surface area (TPSA) is 57.6 Å². The Bertz CT molecular complexity index is 436. The quantitative estimate of drug-likeness (QED) is 0.799. The van der Waals surface area contributed by atoms with Crippen molar-refractivity contribution in [3.8, 4) is 0 Å². The summed E-state index contributed by atoms with van der Waals surface area (Å²) in [5, 5.41) is 8.75. The van der Waals surface area contributed by atoms with Gasteiger partial charge in [-0.2, -0.15) is 0 Å². The minimum Gasteiger partial charge on any atom is -0.480 e. The van der Waals surface area contributed by atoms with E-state index >= 15 is 0 Å². The Hall–Kier alpha value is -0.720. The maximum absolute atomic E-state index is 11.9. The normalized spacial score (nSPS) is 10.4. The zero-order valence-electron chi connectivity index (χ0n) is 10.6. The molecular weight excluding hydrogens is 306 g/mol. The second-order valence-corrected chi connectivity index (χ2v) is 6.69. The molecule has 1 rings (SSSR count). The lowest BCUT2D eigenvalue weighted by Gasteiger charge is -2.19. The average Bonchev–Trinajstić information content (AvgIpc) is 2.74. The molecule has 7 heteroatoms. The first-order valence-corrected chi connectivity index (χ1v) is 8.19. The molecule has 0 aliphatic heterocycles. The lowest BCUT2D eigenvalue weighted by molar-refractivity contribution is -0.143. The molecule has 19 heavy (non-hydrogen) atoms. The fourth-order valence-electron chi connectivity index (χ4n) is 1.48. The molecule has 0 radical (unpaired) electrons. The predicted octanol–water partition coefficient (Wildman–Crippen LogP) is 2.96. The van der Waals surface area contributed by atoms with Crippen molar-refractivity contribution < 1.29 is 14.7 Å². The summed E-state index contributed by atoms with van der Waals surface area (Å²) in [5.74, 6) is -0.0902. The van der Waals surface area contributed by atoms with Crippen molar-refractivity contribution >= 4 is 46.6 Å². The van der Waals surface area contributed by atoms with E-state index in [1.54, 1.807) is 0 Å². The zero-order chi connectivity index (χ0) is 14.3. The van der Waals surface area contributed by atoms with Crippen LogP contribution in [0.1, 0.15) is 18.2 Å². The van der Waals surface area contributed by atoms with Gasteiger partial charge in [-0.05, 0) is 18.6 Å². The third kappa shape index (κ3) is 6.31. The zero-order valence-corrected chi connectivity index (χ0v) is 13.0. The number of rotatable bonds is 8. The van der Waals surface area contributed by atoms with Crippen molar-refractivity contribution in [2.75, 3.05) is 18.8 Å². The highest BCUT2D eigenvalue weighted by Crippen LogP contribution is 2.25. The third-order valence-corrected chi connectivity index (χ3v) is 4.65. The highest BCUT2D eigenvalue weighted by atomic mass is 35.5. The van der Waals surface area contributed by atoms with Crippen LogP contribution in [0.5, 0.6) is 0 Å². The van der Waals surface area contributed by atoms with E-state index in [1.807, 2.05) is 19.1 Å². The minimum absolute atomic E-state index is 0.128. The van der Waals surface area contributed by atoms with Gasteiger partial charge >= 0.3 is 5.97 Å². The van der Waals surface area contributed by atoms with Gasteiger partial charge in [-0.3, -0.25) is 9.59 Å². The van der Waals surface area contributed by atoms with Crippen LogP contribution in [0, 0.1) is 0 Å². The van der Waals surface area contributed by atoms with Crippen molar-refractivity contribution in [1.82, 2.24) is 4.90 Å². The molecule has 0 saturated heterocycles. The largest absolute Gasteiger partial charge is 0.480 e. The van der Waals surface area contributed by atoms with Gasteiger partial charge in [0, 0.05) is 17.2 Å². The Morgan fingerprint density at radius 3 is 2.74 bits per heavy atom. The van der Waals surface area contributed by atoms with E-state index in [-0.39, 0.29) is 12.5 Å². The molecule has 4 nitrogen and oxygen atoms in total. The molecule has 0 fully saturated rings. The van der Waals surface area contributed by atoms with Gasteiger partial charge in [-0.15, -0.1) is 23.1 Å². The maximum Gasteiger partial charge on any atom is 0.323 e. The number of carboxylic acid groups (broad SMARTS) is 1. The van der Waals surface area contributed by atoms with Gasteiger partial charge in [0.15, 0.2) is 0 Å². The molecule has 0 aromatic carbocycles. The van der Waals surface area contributed by atoms with E-state index in [4.69, 9.17) is 16.7 Å². The first-order valence-electron chi connectivity index (χ1n) is 5.84. The molecule has 106 valence electrons. The van der Waals surface area contributed by atoms with Crippen LogP contribution >= 0.6 is 34.7 Å². The molecule has 0 spiro atoms. The van der Waals surface area contributed by atoms with Crippen LogP contribution in [0.3, 0.4) is 0 Å². The van der Waals surface area contributed by atoms with Gasteiger partial charge in [0.1, 0.15) is 6.54 Å². The summed E-state index contributed by atoms with van der Waals surface area (Å²) in [6.45, 7) is 2.18. The van der Waals surface area contributed by atoms with Crippen molar-refractivity contribution in [1.29, 1.82) is 0 Å². The number of aliphatic carboxylic acids is 1. The van der Waals surface area contributed by atoms with E-state index < -0.39 is 5.97 Å². The molecule has 0 atom stereocenters. The van der Waals surface area contributed by atoms with Gasteiger partial charge in [0.2, 0.25) is 5.91 Å². The first-order chi connectivity index (χ1) is 9.02. The van der Waals surface area contributed by atoms with Crippen LogP contribution in [-0.2, 0) is 15.3 Å². The number of carboxylic acids is 1. The summed E-state index contributed by atoms with van der Waals surface area (Å²) in [5.41, 5.74) is 0. The Morgan fingerprint density at radius 1 is 1.47 bits per heavy atom. The molecule has 0 saturated carbocycles. The molecule has 1 heterocycles. The van der Waals surface area contributed by atoms with E-state index in [2.05, 4.69) is 0 Å². The third-order valence-electron chi connectivity index (χ3n) is 2.27. The maximum atomic E-state index is 11.9. The van der Waals surface area contributed by atoms with Crippen LogP contribution in [-0.4, -0.2) is 40.7 Å². The average molecular weight is 322 g/mol. The van der Waals surface area contributed by atoms with E-state index in [0.29, 0.717) is 12.3 Å². The molecule has 1 aromatic rings. The number of thioether (sulfide) groups is 1. The van der Waals surface area contributed by atoms with Gasteiger partial charge in [-0.1, -0.05) is 18.5 Å². The Balaban J connectivity index is 2.37.